The molecule has 2 aliphatic rings. The van der Waals surface area contributed by atoms with Crippen molar-refractivity contribution in [1.29, 1.82) is 0 Å². The van der Waals surface area contributed by atoms with Gasteiger partial charge in [0.1, 0.15) is 5.82 Å². The molecule has 120 valence electrons. The smallest absolute Gasteiger partial charge is 0.354 e. The molecule has 0 bridgehead atoms. The highest BCUT2D eigenvalue weighted by molar-refractivity contribution is 5.85. The molecule has 1 aromatic rings. The van der Waals surface area contributed by atoms with Gasteiger partial charge in [-0.2, -0.15) is 0 Å². The average Bonchev–Trinajstić information content (AvgIpc) is 2.56. The first kappa shape index (κ1) is 15.3. The van der Waals surface area contributed by atoms with Crippen LogP contribution in [0.25, 0.3) is 0 Å². The van der Waals surface area contributed by atoms with Crippen LogP contribution in [0.5, 0.6) is 0 Å². The van der Waals surface area contributed by atoms with Gasteiger partial charge in [-0.05, 0) is 56.8 Å². The number of likely N-dealkylation sites (tertiary alicyclic amines) is 1. The Morgan fingerprint density at radius 1 is 1.18 bits per heavy atom. The number of hydrogen-bond donors (Lipinski definition) is 1. The summed E-state index contributed by atoms with van der Waals surface area (Å²) in [5.41, 5.74) is 0.135. The summed E-state index contributed by atoms with van der Waals surface area (Å²) in [7, 11) is 0. The molecule has 3 rings (SSSR count). The number of piperidine rings is 2. The lowest BCUT2D eigenvalue weighted by atomic mass is 9.96. The second kappa shape index (κ2) is 7.09. The van der Waals surface area contributed by atoms with Gasteiger partial charge in [0, 0.05) is 19.6 Å². The Morgan fingerprint density at radius 2 is 2.00 bits per heavy atom. The predicted molar refractivity (Wildman–Crippen MR) is 86.4 cm³/mol. The fraction of sp³-hybridized carbons (Fsp3) is 0.647. The van der Waals surface area contributed by atoms with E-state index in [1.807, 2.05) is 6.07 Å². The normalized spacial score (nSPS) is 23.5. The van der Waals surface area contributed by atoms with Crippen molar-refractivity contribution in [2.45, 2.75) is 32.1 Å². The predicted octanol–water partition coefficient (Wildman–Crippen LogP) is 2.48. The Bertz CT molecular complexity index is 514. The van der Waals surface area contributed by atoms with Crippen molar-refractivity contribution in [2.75, 3.05) is 37.6 Å². The van der Waals surface area contributed by atoms with E-state index in [1.165, 1.54) is 45.3 Å². The van der Waals surface area contributed by atoms with Gasteiger partial charge in [-0.1, -0.05) is 12.5 Å². The molecule has 0 spiro atoms. The van der Waals surface area contributed by atoms with E-state index >= 15 is 0 Å². The molecule has 5 heteroatoms. The largest absolute Gasteiger partial charge is 0.477 e. The molecule has 2 saturated heterocycles. The summed E-state index contributed by atoms with van der Waals surface area (Å²) in [5.74, 6) is 0.522. The first-order chi connectivity index (χ1) is 10.7. The summed E-state index contributed by atoms with van der Waals surface area (Å²) in [6.45, 7) is 5.63. The molecule has 1 atom stereocenters. The summed E-state index contributed by atoms with van der Waals surface area (Å²) in [4.78, 5) is 20.2. The van der Waals surface area contributed by atoms with Gasteiger partial charge in [-0.25, -0.2) is 9.78 Å². The van der Waals surface area contributed by atoms with E-state index in [0.29, 0.717) is 5.92 Å². The minimum Gasteiger partial charge on any atom is -0.477 e. The van der Waals surface area contributed by atoms with Crippen molar-refractivity contribution in [3.8, 4) is 0 Å². The molecular weight excluding hydrogens is 278 g/mol. The maximum Gasteiger partial charge on any atom is 0.354 e. The number of carbonyl (C=O) groups is 1. The molecule has 0 radical (unpaired) electrons. The Labute approximate surface area is 131 Å². The van der Waals surface area contributed by atoms with E-state index in [2.05, 4.69) is 14.8 Å². The zero-order chi connectivity index (χ0) is 15.4. The summed E-state index contributed by atoms with van der Waals surface area (Å²) in [6.07, 6.45) is 6.47. The molecule has 3 heterocycles. The average molecular weight is 303 g/mol. The maximum absolute atomic E-state index is 11.1. The van der Waals surface area contributed by atoms with E-state index in [-0.39, 0.29) is 5.69 Å². The van der Waals surface area contributed by atoms with Crippen LogP contribution in [-0.2, 0) is 0 Å². The second-order valence-electron chi connectivity index (χ2n) is 6.50. The molecule has 0 amide bonds. The lowest BCUT2D eigenvalue weighted by molar-refractivity contribution is 0.0690. The molecular formula is C17H25N3O2. The minimum absolute atomic E-state index is 0.135. The number of carboxylic acid groups (broad SMARTS) is 1. The van der Waals surface area contributed by atoms with Crippen LogP contribution >= 0.6 is 0 Å². The number of aromatic carboxylic acids is 1. The number of hydrogen-bond acceptors (Lipinski definition) is 4. The lowest BCUT2D eigenvalue weighted by Crippen LogP contribution is -2.42. The summed E-state index contributed by atoms with van der Waals surface area (Å²) in [6, 6.07) is 5.27. The molecule has 2 fully saturated rings. The standard InChI is InChI=1S/C17H25N3O2/c21-17(22)15-7-4-8-16(18-15)20-11-5-6-14(13-20)12-19-9-2-1-3-10-19/h4,7-8,14H,1-3,5-6,9-13H2,(H,21,22). The Kier molecular flexibility index (Phi) is 4.93. The van der Waals surface area contributed by atoms with E-state index in [1.54, 1.807) is 12.1 Å². The van der Waals surface area contributed by atoms with Crippen LogP contribution in [0.1, 0.15) is 42.6 Å². The zero-order valence-electron chi connectivity index (χ0n) is 13.1. The summed E-state index contributed by atoms with van der Waals surface area (Å²) >= 11 is 0. The van der Waals surface area contributed by atoms with Gasteiger partial charge >= 0.3 is 5.97 Å². The number of nitrogens with zero attached hydrogens (tertiary/aromatic N) is 3. The van der Waals surface area contributed by atoms with Gasteiger partial charge in [0.2, 0.25) is 0 Å². The van der Waals surface area contributed by atoms with Gasteiger partial charge in [-0.15, -0.1) is 0 Å². The van der Waals surface area contributed by atoms with Gasteiger partial charge in [-0.3, -0.25) is 0 Å². The summed E-state index contributed by atoms with van der Waals surface area (Å²) in [5, 5.41) is 9.09. The monoisotopic (exact) mass is 303 g/mol. The molecule has 1 N–H and O–H groups in total. The molecule has 5 nitrogen and oxygen atoms in total. The minimum atomic E-state index is -0.955. The molecule has 1 aromatic heterocycles. The van der Waals surface area contributed by atoms with Crippen LogP contribution in [-0.4, -0.2) is 53.7 Å². The number of aromatic nitrogens is 1. The van der Waals surface area contributed by atoms with Gasteiger partial charge < -0.3 is 14.9 Å². The van der Waals surface area contributed by atoms with Crippen molar-refractivity contribution < 1.29 is 9.90 Å². The lowest BCUT2D eigenvalue weighted by Gasteiger charge is -2.37. The maximum atomic E-state index is 11.1. The van der Waals surface area contributed by atoms with Crippen LogP contribution in [0.3, 0.4) is 0 Å². The quantitative estimate of drug-likeness (QED) is 0.926. The van der Waals surface area contributed by atoms with Crippen molar-refractivity contribution in [2.24, 2.45) is 5.92 Å². The number of pyridine rings is 1. The van der Waals surface area contributed by atoms with Crippen LogP contribution in [0.4, 0.5) is 5.82 Å². The van der Waals surface area contributed by atoms with Crippen LogP contribution in [0.2, 0.25) is 0 Å². The molecule has 0 saturated carbocycles. The SMILES string of the molecule is O=C(O)c1cccc(N2CCCC(CN3CCCCC3)C2)n1. The molecule has 0 aromatic carbocycles. The highest BCUT2D eigenvalue weighted by atomic mass is 16.4. The third-order valence-corrected chi connectivity index (χ3v) is 4.76. The Morgan fingerprint density at radius 3 is 2.77 bits per heavy atom. The number of anilines is 1. The van der Waals surface area contributed by atoms with Crippen LogP contribution in [0, 0.1) is 5.92 Å². The van der Waals surface area contributed by atoms with Crippen molar-refractivity contribution >= 4 is 11.8 Å². The molecule has 2 aliphatic heterocycles. The summed E-state index contributed by atoms with van der Waals surface area (Å²) < 4.78 is 0. The number of rotatable bonds is 4. The topological polar surface area (TPSA) is 56.7 Å². The van der Waals surface area contributed by atoms with Gasteiger partial charge in [0.05, 0.1) is 0 Å². The van der Waals surface area contributed by atoms with Crippen LogP contribution < -0.4 is 4.90 Å². The zero-order valence-corrected chi connectivity index (χ0v) is 13.1. The third kappa shape index (κ3) is 3.77. The van der Waals surface area contributed by atoms with Crippen molar-refractivity contribution in [3.05, 3.63) is 23.9 Å². The van der Waals surface area contributed by atoms with E-state index in [4.69, 9.17) is 5.11 Å². The molecule has 1 unspecified atom stereocenters. The number of carboxylic acids is 1. The fourth-order valence-corrected chi connectivity index (χ4v) is 3.65. The first-order valence-electron chi connectivity index (χ1n) is 8.40. The van der Waals surface area contributed by atoms with Crippen LogP contribution in [0.15, 0.2) is 18.2 Å². The van der Waals surface area contributed by atoms with E-state index in [9.17, 15) is 4.79 Å². The Hall–Kier alpha value is -1.62. The highest BCUT2D eigenvalue weighted by Gasteiger charge is 2.24. The second-order valence-corrected chi connectivity index (χ2v) is 6.50. The van der Waals surface area contributed by atoms with Crippen molar-refractivity contribution in [3.63, 3.8) is 0 Å². The third-order valence-electron chi connectivity index (χ3n) is 4.76. The van der Waals surface area contributed by atoms with Crippen molar-refractivity contribution in [1.82, 2.24) is 9.88 Å². The van der Waals surface area contributed by atoms with Gasteiger partial charge in [0.15, 0.2) is 5.69 Å². The molecule has 0 aliphatic carbocycles. The van der Waals surface area contributed by atoms with E-state index in [0.717, 1.165) is 25.3 Å². The fourth-order valence-electron chi connectivity index (χ4n) is 3.65. The van der Waals surface area contributed by atoms with Gasteiger partial charge in [0.25, 0.3) is 0 Å². The first-order valence-corrected chi connectivity index (χ1v) is 8.40. The highest BCUT2D eigenvalue weighted by Crippen LogP contribution is 2.23. The Balaban J connectivity index is 1.62. The molecule has 22 heavy (non-hydrogen) atoms. The van der Waals surface area contributed by atoms with E-state index < -0.39 is 5.97 Å².